The Kier molecular flexibility index (Phi) is 6.93. The van der Waals surface area contributed by atoms with Crippen molar-refractivity contribution < 1.29 is 13.9 Å². The SMILES string of the molecule is CCNC(=O)N(C)Cc1nn(-c2ccccc2OC)c2c1CN(Cc1ccc(F)cc1)CC2. The molecule has 3 aromatic rings. The van der Waals surface area contributed by atoms with Gasteiger partial charge in [0.25, 0.3) is 0 Å². The molecule has 174 valence electrons. The van der Waals surface area contributed by atoms with E-state index < -0.39 is 0 Å². The van der Waals surface area contributed by atoms with E-state index in [0.717, 1.165) is 53.5 Å². The van der Waals surface area contributed by atoms with Crippen molar-refractivity contribution in [2.45, 2.75) is 33.0 Å². The van der Waals surface area contributed by atoms with Crippen LogP contribution in [-0.4, -0.2) is 52.9 Å². The van der Waals surface area contributed by atoms with Crippen LogP contribution in [0.25, 0.3) is 5.69 Å². The Labute approximate surface area is 193 Å². The van der Waals surface area contributed by atoms with Crippen molar-refractivity contribution in [1.29, 1.82) is 0 Å². The number of nitrogens with one attached hydrogen (secondary N) is 1. The first-order valence-corrected chi connectivity index (χ1v) is 11.2. The molecule has 0 unspecified atom stereocenters. The Morgan fingerprint density at radius 1 is 1.21 bits per heavy atom. The maximum absolute atomic E-state index is 13.3. The van der Waals surface area contributed by atoms with Gasteiger partial charge in [-0.3, -0.25) is 4.90 Å². The number of amides is 2. The number of ether oxygens (including phenoxy) is 1. The number of nitrogens with zero attached hydrogens (tertiary/aromatic N) is 4. The van der Waals surface area contributed by atoms with Gasteiger partial charge in [-0.05, 0) is 36.8 Å². The van der Waals surface area contributed by atoms with Crippen molar-refractivity contribution in [1.82, 2.24) is 24.9 Å². The number of fused-ring (bicyclic) bond motifs is 1. The second-order valence-electron chi connectivity index (χ2n) is 8.23. The molecular formula is C25H30FN5O2. The van der Waals surface area contributed by atoms with Gasteiger partial charge in [-0.1, -0.05) is 24.3 Å². The summed E-state index contributed by atoms with van der Waals surface area (Å²) in [5, 5.41) is 7.78. The zero-order chi connectivity index (χ0) is 23.4. The fourth-order valence-electron chi connectivity index (χ4n) is 4.24. The van der Waals surface area contributed by atoms with Crippen molar-refractivity contribution in [3.63, 3.8) is 0 Å². The number of carbonyl (C=O) groups excluding carboxylic acids is 1. The molecule has 4 rings (SSSR count). The van der Waals surface area contributed by atoms with E-state index in [4.69, 9.17) is 9.84 Å². The number of hydrogen-bond donors (Lipinski definition) is 1. The van der Waals surface area contributed by atoms with Crippen LogP contribution in [0.15, 0.2) is 48.5 Å². The van der Waals surface area contributed by atoms with Crippen LogP contribution >= 0.6 is 0 Å². The number of aromatic nitrogens is 2. The topological polar surface area (TPSA) is 62.6 Å². The molecule has 2 aromatic carbocycles. The van der Waals surface area contributed by atoms with Gasteiger partial charge in [0.05, 0.1) is 25.0 Å². The Hall–Kier alpha value is -3.39. The largest absolute Gasteiger partial charge is 0.494 e. The highest BCUT2D eigenvalue weighted by molar-refractivity contribution is 5.73. The molecule has 0 bridgehead atoms. The Balaban J connectivity index is 1.67. The predicted molar refractivity (Wildman–Crippen MR) is 125 cm³/mol. The Morgan fingerprint density at radius 2 is 1.97 bits per heavy atom. The molecule has 2 amide bonds. The lowest BCUT2D eigenvalue weighted by atomic mass is 10.0. The molecule has 1 N–H and O–H groups in total. The molecular weight excluding hydrogens is 421 g/mol. The van der Waals surface area contributed by atoms with Crippen molar-refractivity contribution in [2.24, 2.45) is 0 Å². The maximum Gasteiger partial charge on any atom is 0.317 e. The van der Waals surface area contributed by atoms with Gasteiger partial charge in [0.2, 0.25) is 0 Å². The lowest BCUT2D eigenvalue weighted by molar-refractivity contribution is 0.206. The molecule has 0 atom stereocenters. The summed E-state index contributed by atoms with van der Waals surface area (Å²) in [5.74, 6) is 0.522. The van der Waals surface area contributed by atoms with E-state index >= 15 is 0 Å². The third-order valence-electron chi connectivity index (χ3n) is 5.91. The predicted octanol–water partition coefficient (Wildman–Crippen LogP) is 3.74. The summed E-state index contributed by atoms with van der Waals surface area (Å²) < 4.78 is 20.9. The van der Waals surface area contributed by atoms with E-state index in [9.17, 15) is 9.18 Å². The molecule has 7 nitrogen and oxygen atoms in total. The van der Waals surface area contributed by atoms with Gasteiger partial charge >= 0.3 is 6.03 Å². The van der Waals surface area contributed by atoms with E-state index in [0.29, 0.717) is 19.6 Å². The Bertz CT molecular complexity index is 1110. The standard InChI is InChI=1S/C25H30FN5O2/c1-4-27-25(32)29(2)17-21-20-16-30(15-18-9-11-19(26)12-10-18)14-13-22(20)31(28-21)23-7-5-6-8-24(23)33-3/h5-12H,4,13-17H2,1-3H3,(H,27,32). The van der Waals surface area contributed by atoms with Crippen LogP contribution in [0.1, 0.15) is 29.4 Å². The minimum absolute atomic E-state index is 0.128. The van der Waals surface area contributed by atoms with E-state index in [-0.39, 0.29) is 11.8 Å². The smallest absolute Gasteiger partial charge is 0.317 e. The van der Waals surface area contributed by atoms with E-state index in [1.165, 1.54) is 12.1 Å². The van der Waals surface area contributed by atoms with Crippen LogP contribution < -0.4 is 10.1 Å². The van der Waals surface area contributed by atoms with Gasteiger partial charge in [-0.25, -0.2) is 13.9 Å². The fourth-order valence-corrected chi connectivity index (χ4v) is 4.24. The number of benzene rings is 2. The molecule has 1 aliphatic rings. The van der Waals surface area contributed by atoms with Crippen LogP contribution in [-0.2, 0) is 26.1 Å². The molecule has 1 aromatic heterocycles. The van der Waals surface area contributed by atoms with Crippen molar-refractivity contribution >= 4 is 6.03 Å². The number of methoxy groups -OCH3 is 1. The summed E-state index contributed by atoms with van der Waals surface area (Å²) in [5.41, 5.74) is 5.08. The number of carbonyl (C=O) groups is 1. The molecule has 0 radical (unpaired) electrons. The first-order valence-electron chi connectivity index (χ1n) is 11.2. The molecule has 0 saturated heterocycles. The van der Waals surface area contributed by atoms with Crippen LogP contribution in [0.5, 0.6) is 5.75 Å². The molecule has 0 saturated carbocycles. The summed E-state index contributed by atoms with van der Waals surface area (Å²) in [6, 6.07) is 14.3. The summed E-state index contributed by atoms with van der Waals surface area (Å²) >= 11 is 0. The zero-order valence-corrected chi connectivity index (χ0v) is 19.3. The van der Waals surface area contributed by atoms with Crippen LogP contribution in [0, 0.1) is 5.82 Å². The van der Waals surface area contributed by atoms with Gasteiger partial charge in [0, 0.05) is 45.2 Å². The minimum atomic E-state index is -0.228. The first kappa shape index (κ1) is 22.8. The highest BCUT2D eigenvalue weighted by Crippen LogP contribution is 2.30. The molecule has 0 spiro atoms. The third kappa shape index (κ3) is 5.01. The molecule has 0 fully saturated rings. The molecule has 2 heterocycles. The summed E-state index contributed by atoms with van der Waals surface area (Å²) in [6.07, 6.45) is 0.812. The first-order chi connectivity index (χ1) is 16.0. The lowest BCUT2D eigenvalue weighted by Gasteiger charge is -2.28. The number of urea groups is 1. The molecule has 1 aliphatic heterocycles. The summed E-state index contributed by atoms with van der Waals surface area (Å²) in [4.78, 5) is 16.3. The highest BCUT2D eigenvalue weighted by atomic mass is 19.1. The Morgan fingerprint density at radius 3 is 2.70 bits per heavy atom. The second kappa shape index (κ2) is 10.0. The number of hydrogen-bond acceptors (Lipinski definition) is 4. The lowest BCUT2D eigenvalue weighted by Crippen LogP contribution is -2.37. The quantitative estimate of drug-likeness (QED) is 0.595. The van der Waals surface area contributed by atoms with E-state index in [1.807, 2.05) is 48.0 Å². The number of para-hydroxylation sites is 2. The maximum atomic E-state index is 13.3. The van der Waals surface area contributed by atoms with Crippen molar-refractivity contribution in [3.8, 4) is 11.4 Å². The normalized spacial score (nSPS) is 13.5. The minimum Gasteiger partial charge on any atom is -0.494 e. The van der Waals surface area contributed by atoms with Gasteiger partial charge < -0.3 is 15.0 Å². The summed E-state index contributed by atoms with van der Waals surface area (Å²) in [6.45, 7) is 5.17. The summed E-state index contributed by atoms with van der Waals surface area (Å²) in [7, 11) is 3.43. The monoisotopic (exact) mass is 451 g/mol. The number of rotatable bonds is 7. The van der Waals surface area contributed by atoms with Crippen LogP contribution in [0.2, 0.25) is 0 Å². The van der Waals surface area contributed by atoms with E-state index in [1.54, 1.807) is 19.1 Å². The molecule has 0 aliphatic carbocycles. The van der Waals surface area contributed by atoms with Crippen LogP contribution in [0.3, 0.4) is 0 Å². The zero-order valence-electron chi connectivity index (χ0n) is 19.3. The van der Waals surface area contributed by atoms with Gasteiger partial charge in [-0.15, -0.1) is 0 Å². The van der Waals surface area contributed by atoms with Crippen molar-refractivity contribution in [2.75, 3.05) is 27.2 Å². The third-order valence-corrected chi connectivity index (χ3v) is 5.91. The average molecular weight is 452 g/mol. The second-order valence-corrected chi connectivity index (χ2v) is 8.23. The number of halogens is 1. The highest BCUT2D eigenvalue weighted by Gasteiger charge is 2.27. The molecule has 33 heavy (non-hydrogen) atoms. The fraction of sp³-hybridized carbons (Fsp3) is 0.360. The van der Waals surface area contributed by atoms with E-state index in [2.05, 4.69) is 10.2 Å². The van der Waals surface area contributed by atoms with Crippen molar-refractivity contribution in [3.05, 3.63) is 76.9 Å². The van der Waals surface area contributed by atoms with Gasteiger partial charge in [-0.2, -0.15) is 5.10 Å². The average Bonchev–Trinajstić information content (AvgIpc) is 3.18. The molecule has 8 heteroatoms. The van der Waals surface area contributed by atoms with Crippen LogP contribution in [0.4, 0.5) is 9.18 Å². The van der Waals surface area contributed by atoms with Gasteiger partial charge in [0.1, 0.15) is 17.3 Å². The van der Waals surface area contributed by atoms with Gasteiger partial charge in [0.15, 0.2) is 0 Å².